The molecule has 7 nitrogen and oxygen atoms in total. The second-order valence-corrected chi connectivity index (χ2v) is 8.90. The van der Waals surface area contributed by atoms with Gasteiger partial charge in [-0.1, -0.05) is 30.3 Å². The Morgan fingerprint density at radius 1 is 1.09 bits per heavy atom. The molecule has 0 bridgehead atoms. The van der Waals surface area contributed by atoms with Gasteiger partial charge in [-0.25, -0.2) is 4.52 Å². The molecule has 0 aliphatic carbocycles. The van der Waals surface area contributed by atoms with Crippen LogP contribution in [0, 0.1) is 18.3 Å². The molecule has 0 radical (unpaired) electrons. The lowest BCUT2D eigenvalue weighted by Gasteiger charge is -2.19. The Bertz CT molecular complexity index is 1360. The first-order valence-corrected chi connectivity index (χ1v) is 10.7. The fourth-order valence-electron chi connectivity index (χ4n) is 3.45. The van der Waals surface area contributed by atoms with Crippen molar-refractivity contribution in [2.75, 3.05) is 5.32 Å². The smallest absolute Gasteiger partial charge is 0.310 e. The van der Waals surface area contributed by atoms with Crippen LogP contribution in [0.4, 0.5) is 11.6 Å². The van der Waals surface area contributed by atoms with Crippen LogP contribution in [0.25, 0.3) is 16.8 Å². The summed E-state index contributed by atoms with van der Waals surface area (Å²) in [5.74, 6) is 0.175. The SMILES string of the molecule is Cc1ccc(C#N)c(Nc2nc3ccc(-c4ccc(CC(=O)OC(C)(C)C)cc4)cn3n2)c1. The van der Waals surface area contributed by atoms with Crippen molar-refractivity contribution in [3.8, 4) is 17.2 Å². The van der Waals surface area contributed by atoms with E-state index in [4.69, 9.17) is 4.74 Å². The monoisotopic (exact) mass is 439 g/mol. The van der Waals surface area contributed by atoms with Crippen LogP contribution in [0.15, 0.2) is 60.8 Å². The first kappa shape index (κ1) is 22.0. The number of hydrogen-bond donors (Lipinski definition) is 1. The van der Waals surface area contributed by atoms with Crippen molar-refractivity contribution in [2.24, 2.45) is 0 Å². The molecule has 166 valence electrons. The molecular weight excluding hydrogens is 414 g/mol. The zero-order valence-electron chi connectivity index (χ0n) is 19.1. The number of benzene rings is 2. The van der Waals surface area contributed by atoms with Gasteiger partial charge < -0.3 is 10.1 Å². The van der Waals surface area contributed by atoms with Crippen molar-refractivity contribution in [3.05, 3.63) is 77.5 Å². The average Bonchev–Trinajstić information content (AvgIpc) is 3.14. The quantitative estimate of drug-likeness (QED) is 0.430. The van der Waals surface area contributed by atoms with E-state index in [9.17, 15) is 10.1 Å². The first-order chi connectivity index (χ1) is 15.7. The molecule has 2 heterocycles. The standard InChI is InChI=1S/C26H25N5O2/c1-17-5-8-20(15-27)22(13-17)28-25-29-23-12-11-21(16-31(23)30-25)19-9-6-18(7-10-19)14-24(32)33-26(2,3)4/h5-13,16H,14H2,1-4H3,(H,28,30). The molecule has 0 saturated heterocycles. The Morgan fingerprint density at radius 2 is 1.82 bits per heavy atom. The van der Waals surface area contributed by atoms with Gasteiger partial charge in [0, 0.05) is 11.8 Å². The number of nitrogens with one attached hydrogen (secondary N) is 1. The molecule has 2 aromatic carbocycles. The van der Waals surface area contributed by atoms with E-state index in [1.807, 2.05) is 82.4 Å². The van der Waals surface area contributed by atoms with E-state index in [1.165, 1.54) is 0 Å². The lowest BCUT2D eigenvalue weighted by molar-refractivity contribution is -0.153. The molecule has 0 spiro atoms. The number of aryl methyl sites for hydroxylation is 1. The summed E-state index contributed by atoms with van der Waals surface area (Å²) in [7, 11) is 0. The molecule has 0 amide bonds. The Labute approximate surface area is 192 Å². The number of ether oxygens (including phenoxy) is 1. The second kappa shape index (κ2) is 8.75. The number of hydrogen-bond acceptors (Lipinski definition) is 6. The first-order valence-electron chi connectivity index (χ1n) is 10.7. The largest absolute Gasteiger partial charge is 0.460 e. The Balaban J connectivity index is 1.52. The van der Waals surface area contributed by atoms with Crippen LogP contribution < -0.4 is 5.32 Å². The Hall–Kier alpha value is -4.18. The number of pyridine rings is 1. The number of rotatable bonds is 5. The van der Waals surface area contributed by atoms with Crippen LogP contribution >= 0.6 is 0 Å². The number of nitrogens with zero attached hydrogens (tertiary/aromatic N) is 4. The molecule has 0 aliphatic heterocycles. The molecular formula is C26H25N5O2. The molecule has 0 unspecified atom stereocenters. The minimum atomic E-state index is -0.493. The highest BCUT2D eigenvalue weighted by molar-refractivity contribution is 5.74. The molecule has 0 atom stereocenters. The molecule has 4 aromatic rings. The van der Waals surface area contributed by atoms with Gasteiger partial charge in [-0.05, 0) is 68.7 Å². The highest BCUT2D eigenvalue weighted by Crippen LogP contribution is 2.23. The molecule has 0 fully saturated rings. The minimum absolute atomic E-state index is 0.234. The Kier molecular flexibility index (Phi) is 5.84. The van der Waals surface area contributed by atoms with Gasteiger partial charge >= 0.3 is 5.97 Å². The third kappa shape index (κ3) is 5.36. The number of aromatic nitrogens is 3. The predicted octanol–water partition coefficient (Wildman–Crippen LogP) is 5.20. The Morgan fingerprint density at radius 3 is 2.52 bits per heavy atom. The van der Waals surface area contributed by atoms with Gasteiger partial charge in [-0.15, -0.1) is 5.10 Å². The van der Waals surface area contributed by atoms with Crippen LogP contribution in [-0.4, -0.2) is 26.2 Å². The van der Waals surface area contributed by atoms with E-state index in [0.717, 1.165) is 22.3 Å². The third-order valence-corrected chi connectivity index (χ3v) is 4.93. The summed E-state index contributed by atoms with van der Waals surface area (Å²) in [5, 5.41) is 17.0. The van der Waals surface area contributed by atoms with Gasteiger partial charge in [0.05, 0.1) is 17.7 Å². The zero-order chi connectivity index (χ0) is 23.6. The maximum absolute atomic E-state index is 12.1. The van der Waals surface area contributed by atoms with Crippen LogP contribution in [0.2, 0.25) is 0 Å². The maximum atomic E-state index is 12.1. The number of fused-ring (bicyclic) bond motifs is 1. The van der Waals surface area contributed by atoms with Crippen molar-refractivity contribution >= 4 is 23.3 Å². The average molecular weight is 440 g/mol. The van der Waals surface area contributed by atoms with Gasteiger partial charge in [-0.3, -0.25) is 4.79 Å². The summed E-state index contributed by atoms with van der Waals surface area (Å²) in [4.78, 5) is 16.6. The minimum Gasteiger partial charge on any atom is -0.460 e. The summed E-state index contributed by atoms with van der Waals surface area (Å²) in [5.41, 5.74) is 5.31. The van der Waals surface area contributed by atoms with Crippen molar-refractivity contribution in [1.82, 2.24) is 14.6 Å². The zero-order valence-corrected chi connectivity index (χ0v) is 19.1. The molecule has 33 heavy (non-hydrogen) atoms. The van der Waals surface area contributed by atoms with Gasteiger partial charge in [0.25, 0.3) is 0 Å². The van der Waals surface area contributed by atoms with Gasteiger partial charge in [0.2, 0.25) is 5.95 Å². The molecule has 1 N–H and O–H groups in total. The fraction of sp³-hybridized carbons (Fsp3) is 0.231. The number of carbonyl (C=O) groups is 1. The highest BCUT2D eigenvalue weighted by atomic mass is 16.6. The van der Waals surface area contributed by atoms with E-state index in [-0.39, 0.29) is 12.4 Å². The summed E-state index contributed by atoms with van der Waals surface area (Å²) in [6.07, 6.45) is 2.14. The van der Waals surface area contributed by atoms with Gasteiger partial charge in [0.1, 0.15) is 11.7 Å². The van der Waals surface area contributed by atoms with E-state index in [1.54, 1.807) is 10.6 Å². The summed E-state index contributed by atoms with van der Waals surface area (Å²) in [6.45, 7) is 7.55. The lowest BCUT2D eigenvalue weighted by atomic mass is 10.0. The lowest BCUT2D eigenvalue weighted by Crippen LogP contribution is -2.24. The number of carbonyl (C=O) groups excluding carboxylic acids is 1. The molecule has 2 aromatic heterocycles. The summed E-state index contributed by atoms with van der Waals surface area (Å²) in [6, 6.07) is 19.4. The van der Waals surface area contributed by atoms with Crippen molar-refractivity contribution in [3.63, 3.8) is 0 Å². The fourth-order valence-corrected chi connectivity index (χ4v) is 3.45. The molecule has 0 saturated carbocycles. The van der Waals surface area contributed by atoms with Crippen molar-refractivity contribution in [2.45, 2.75) is 39.7 Å². The van der Waals surface area contributed by atoms with Crippen LogP contribution in [0.5, 0.6) is 0 Å². The molecule has 4 rings (SSSR count). The van der Waals surface area contributed by atoms with E-state index in [2.05, 4.69) is 21.5 Å². The van der Waals surface area contributed by atoms with E-state index >= 15 is 0 Å². The number of esters is 1. The van der Waals surface area contributed by atoms with Gasteiger partial charge in [-0.2, -0.15) is 10.2 Å². The summed E-state index contributed by atoms with van der Waals surface area (Å²) < 4.78 is 7.09. The van der Waals surface area contributed by atoms with Crippen LogP contribution in [-0.2, 0) is 16.0 Å². The normalized spacial score (nSPS) is 11.2. The molecule has 7 heteroatoms. The van der Waals surface area contributed by atoms with E-state index < -0.39 is 5.60 Å². The van der Waals surface area contributed by atoms with Gasteiger partial charge in [0.15, 0.2) is 5.65 Å². The maximum Gasteiger partial charge on any atom is 0.310 e. The molecule has 0 aliphatic rings. The third-order valence-electron chi connectivity index (χ3n) is 4.93. The summed E-state index contributed by atoms with van der Waals surface area (Å²) >= 11 is 0. The van der Waals surface area contributed by atoms with Crippen molar-refractivity contribution in [1.29, 1.82) is 5.26 Å². The van der Waals surface area contributed by atoms with Crippen LogP contribution in [0.1, 0.15) is 37.5 Å². The predicted molar refractivity (Wildman–Crippen MR) is 127 cm³/mol. The van der Waals surface area contributed by atoms with Crippen LogP contribution in [0.3, 0.4) is 0 Å². The second-order valence-electron chi connectivity index (χ2n) is 8.90. The highest BCUT2D eigenvalue weighted by Gasteiger charge is 2.16. The van der Waals surface area contributed by atoms with Crippen molar-refractivity contribution < 1.29 is 9.53 Å². The number of nitriles is 1. The number of anilines is 2. The van der Waals surface area contributed by atoms with E-state index in [0.29, 0.717) is 22.8 Å². The topological polar surface area (TPSA) is 92.3 Å².